The number of hydrogen-bond donors (Lipinski definition) is 1. The van der Waals surface area contributed by atoms with Crippen LogP contribution in [-0.4, -0.2) is 17.9 Å². The second kappa shape index (κ2) is 11.7. The molecule has 0 aliphatic carbocycles. The van der Waals surface area contributed by atoms with Gasteiger partial charge in [0.1, 0.15) is 6.61 Å². The summed E-state index contributed by atoms with van der Waals surface area (Å²) in [6, 6.07) is 9.06. The van der Waals surface area contributed by atoms with Crippen molar-refractivity contribution in [2.75, 3.05) is 0 Å². The van der Waals surface area contributed by atoms with Crippen molar-refractivity contribution in [3.63, 3.8) is 0 Å². The Morgan fingerprint density at radius 3 is 2.42 bits per heavy atom. The van der Waals surface area contributed by atoms with Crippen LogP contribution < -0.4 is 5.32 Å². The number of Topliss-reactive ketones (excluding diaryl/α,β-unsaturated/α-hetero) is 1. The van der Waals surface area contributed by atoms with Gasteiger partial charge in [-0.25, -0.2) is 4.79 Å². The average Bonchev–Trinajstić information content (AvgIpc) is 2.61. The maximum atomic E-state index is 12.4. The van der Waals surface area contributed by atoms with Crippen molar-refractivity contribution in [1.82, 2.24) is 5.32 Å². The van der Waals surface area contributed by atoms with Crippen molar-refractivity contribution in [3.05, 3.63) is 35.9 Å². The summed E-state index contributed by atoms with van der Waals surface area (Å²) in [5.74, 6) is 0.213. The predicted molar refractivity (Wildman–Crippen MR) is 96.8 cm³/mol. The van der Waals surface area contributed by atoms with E-state index in [1.54, 1.807) is 0 Å². The largest absolute Gasteiger partial charge is 0.445 e. The van der Waals surface area contributed by atoms with Crippen molar-refractivity contribution in [3.8, 4) is 0 Å². The molecule has 134 valence electrons. The topological polar surface area (TPSA) is 55.4 Å². The molecule has 0 heterocycles. The smallest absolute Gasteiger partial charge is 0.408 e. The molecular weight excluding hydrogens is 302 g/mol. The van der Waals surface area contributed by atoms with Crippen LogP contribution in [0.25, 0.3) is 0 Å². The van der Waals surface area contributed by atoms with Gasteiger partial charge < -0.3 is 10.1 Å². The monoisotopic (exact) mass is 333 g/mol. The van der Waals surface area contributed by atoms with E-state index in [2.05, 4.69) is 12.2 Å². The number of ether oxygens (including phenoxy) is 1. The predicted octanol–water partition coefficient (Wildman–Crippen LogP) is 4.87. The Labute approximate surface area is 146 Å². The summed E-state index contributed by atoms with van der Waals surface area (Å²) < 4.78 is 5.24. The second-order valence-corrected chi connectivity index (χ2v) is 6.35. The van der Waals surface area contributed by atoms with Gasteiger partial charge in [0.15, 0.2) is 5.78 Å². The van der Waals surface area contributed by atoms with Crippen LogP contribution in [0.15, 0.2) is 30.3 Å². The molecule has 0 bridgehead atoms. The molecule has 4 heteroatoms. The molecule has 0 spiro atoms. The third-order valence-corrected chi connectivity index (χ3v) is 4.32. The van der Waals surface area contributed by atoms with Gasteiger partial charge in [-0.05, 0) is 17.9 Å². The van der Waals surface area contributed by atoms with E-state index in [0.717, 1.165) is 37.7 Å². The van der Waals surface area contributed by atoms with Crippen LogP contribution in [0.5, 0.6) is 0 Å². The standard InChI is InChI=1S/C20H31NO3/c1-4-6-7-11-14-18(22)19(16(3)5-2)21-20(23)24-15-17-12-9-8-10-13-17/h8-10,12-13,16,19H,4-7,11,14-15H2,1-3H3,(H,21,23)/t16?,19-/m0/s1. The lowest BCUT2D eigenvalue weighted by atomic mass is 9.93. The van der Waals surface area contributed by atoms with Crippen LogP contribution in [0.1, 0.15) is 64.9 Å². The van der Waals surface area contributed by atoms with Crippen LogP contribution in [0.3, 0.4) is 0 Å². The molecule has 0 aromatic heterocycles. The SMILES string of the molecule is CCCCCCC(=O)[C@@H](NC(=O)OCc1ccccc1)C(C)CC. The molecule has 1 amide bonds. The molecule has 1 rings (SSSR count). The summed E-state index contributed by atoms with van der Waals surface area (Å²) in [5, 5.41) is 2.77. The highest BCUT2D eigenvalue weighted by atomic mass is 16.5. The molecule has 2 atom stereocenters. The Morgan fingerprint density at radius 2 is 1.79 bits per heavy atom. The minimum atomic E-state index is -0.522. The maximum Gasteiger partial charge on any atom is 0.408 e. The van der Waals surface area contributed by atoms with E-state index in [-0.39, 0.29) is 18.3 Å². The van der Waals surface area contributed by atoms with Gasteiger partial charge in [-0.3, -0.25) is 4.79 Å². The van der Waals surface area contributed by atoms with Crippen molar-refractivity contribution in [2.45, 2.75) is 71.9 Å². The lowest BCUT2D eigenvalue weighted by molar-refractivity contribution is -0.122. The van der Waals surface area contributed by atoms with E-state index >= 15 is 0 Å². The number of rotatable bonds is 11. The number of carbonyl (C=O) groups excluding carboxylic acids is 2. The summed E-state index contributed by atoms with van der Waals surface area (Å²) in [6.07, 6.45) is 5.08. The Bertz CT molecular complexity index is 487. The molecule has 0 radical (unpaired) electrons. The quantitative estimate of drug-likeness (QED) is 0.588. The maximum absolute atomic E-state index is 12.4. The van der Waals surface area contributed by atoms with Crippen LogP contribution in [0.2, 0.25) is 0 Å². The zero-order chi connectivity index (χ0) is 17.8. The molecule has 1 unspecified atom stereocenters. The van der Waals surface area contributed by atoms with Gasteiger partial charge in [0.2, 0.25) is 0 Å². The molecule has 1 N–H and O–H groups in total. The molecule has 0 aliphatic heterocycles. The van der Waals surface area contributed by atoms with Crippen LogP contribution in [0.4, 0.5) is 4.79 Å². The highest BCUT2D eigenvalue weighted by molar-refractivity contribution is 5.87. The normalized spacial score (nSPS) is 13.1. The van der Waals surface area contributed by atoms with Crippen LogP contribution >= 0.6 is 0 Å². The van der Waals surface area contributed by atoms with Crippen molar-refractivity contribution in [1.29, 1.82) is 0 Å². The van der Waals surface area contributed by atoms with Gasteiger partial charge in [-0.15, -0.1) is 0 Å². The first kappa shape index (κ1) is 20.2. The third kappa shape index (κ3) is 7.62. The summed E-state index contributed by atoms with van der Waals surface area (Å²) in [6.45, 7) is 6.38. The number of hydrogen-bond acceptors (Lipinski definition) is 3. The van der Waals surface area contributed by atoms with E-state index in [9.17, 15) is 9.59 Å². The number of carbonyl (C=O) groups is 2. The first-order valence-electron chi connectivity index (χ1n) is 9.08. The van der Waals surface area contributed by atoms with Crippen molar-refractivity contribution in [2.24, 2.45) is 5.92 Å². The molecule has 24 heavy (non-hydrogen) atoms. The van der Waals surface area contributed by atoms with E-state index in [0.29, 0.717) is 6.42 Å². The second-order valence-electron chi connectivity index (χ2n) is 6.35. The minimum Gasteiger partial charge on any atom is -0.445 e. The summed E-state index contributed by atoms with van der Waals surface area (Å²) in [7, 11) is 0. The first-order chi connectivity index (χ1) is 11.6. The zero-order valence-corrected chi connectivity index (χ0v) is 15.2. The third-order valence-electron chi connectivity index (χ3n) is 4.32. The Hall–Kier alpha value is -1.84. The van der Waals surface area contributed by atoms with Gasteiger partial charge in [-0.2, -0.15) is 0 Å². The minimum absolute atomic E-state index is 0.105. The highest BCUT2D eigenvalue weighted by Gasteiger charge is 2.25. The number of amides is 1. The molecule has 4 nitrogen and oxygen atoms in total. The van der Waals surface area contributed by atoms with Gasteiger partial charge in [-0.1, -0.05) is 76.8 Å². The Morgan fingerprint density at radius 1 is 1.08 bits per heavy atom. The summed E-state index contributed by atoms with van der Waals surface area (Å²) >= 11 is 0. The van der Waals surface area contributed by atoms with E-state index in [4.69, 9.17) is 4.74 Å². The fraction of sp³-hybridized carbons (Fsp3) is 0.600. The molecule has 1 aromatic rings. The first-order valence-corrected chi connectivity index (χ1v) is 9.08. The number of alkyl carbamates (subject to hydrolysis) is 1. The highest BCUT2D eigenvalue weighted by Crippen LogP contribution is 2.13. The lowest BCUT2D eigenvalue weighted by Crippen LogP contribution is -2.45. The number of ketones is 1. The zero-order valence-electron chi connectivity index (χ0n) is 15.2. The van der Waals surface area contributed by atoms with Crippen molar-refractivity contribution < 1.29 is 14.3 Å². The van der Waals surface area contributed by atoms with Gasteiger partial charge in [0, 0.05) is 6.42 Å². The Kier molecular flexibility index (Phi) is 9.81. The lowest BCUT2D eigenvalue weighted by Gasteiger charge is -2.23. The molecular formula is C20H31NO3. The molecule has 0 saturated carbocycles. The number of unbranched alkanes of at least 4 members (excludes halogenated alkanes) is 3. The van der Waals surface area contributed by atoms with Crippen LogP contribution in [-0.2, 0) is 16.1 Å². The van der Waals surface area contributed by atoms with Crippen molar-refractivity contribution >= 4 is 11.9 Å². The number of nitrogens with one attached hydrogen (secondary N) is 1. The summed E-state index contributed by atoms with van der Waals surface area (Å²) in [5.41, 5.74) is 0.929. The van der Waals surface area contributed by atoms with E-state index < -0.39 is 12.1 Å². The molecule has 0 aliphatic rings. The molecule has 0 fully saturated rings. The van der Waals surface area contributed by atoms with Gasteiger partial charge in [0.05, 0.1) is 6.04 Å². The fourth-order valence-electron chi connectivity index (χ4n) is 2.55. The molecule has 1 aromatic carbocycles. The fourth-order valence-corrected chi connectivity index (χ4v) is 2.55. The summed E-state index contributed by atoms with van der Waals surface area (Å²) in [4.78, 5) is 24.5. The average molecular weight is 333 g/mol. The number of benzene rings is 1. The van der Waals surface area contributed by atoms with Gasteiger partial charge >= 0.3 is 6.09 Å². The van der Waals surface area contributed by atoms with E-state index in [1.165, 1.54) is 0 Å². The van der Waals surface area contributed by atoms with Crippen LogP contribution in [0, 0.1) is 5.92 Å². The Balaban J connectivity index is 2.48. The van der Waals surface area contributed by atoms with Gasteiger partial charge in [0.25, 0.3) is 0 Å². The molecule has 0 saturated heterocycles. The van der Waals surface area contributed by atoms with E-state index in [1.807, 2.05) is 44.2 Å².